The number of hydrogen-bond acceptors (Lipinski definition) is 1. The normalized spacial score (nSPS) is 13.0. The molecule has 0 spiro atoms. The van der Waals surface area contributed by atoms with Crippen LogP contribution in [0.1, 0.15) is 24.2 Å². The largest absolute Gasteiger partial charge is 0.171 e. The summed E-state index contributed by atoms with van der Waals surface area (Å²) in [4.78, 5) is 0. The van der Waals surface area contributed by atoms with Crippen LogP contribution in [0.3, 0.4) is 0 Å². The number of halogens is 2. The molecular weight excluding hydrogens is 211 g/mol. The Balaban J connectivity index is 3.01. The summed E-state index contributed by atoms with van der Waals surface area (Å²) in [6.45, 7) is 2.07. The summed E-state index contributed by atoms with van der Waals surface area (Å²) in [6, 6.07) is 5.50. The summed E-state index contributed by atoms with van der Waals surface area (Å²) in [5.41, 5.74) is 1.05. The predicted octanol–water partition coefficient (Wildman–Crippen LogP) is 4.37. The quantitative estimate of drug-likeness (QED) is 0.704. The van der Waals surface area contributed by atoms with Gasteiger partial charge in [0, 0.05) is 15.3 Å². The fourth-order valence-corrected chi connectivity index (χ4v) is 1.83. The lowest BCUT2D eigenvalue weighted by atomic mass is 10.1. The lowest BCUT2D eigenvalue weighted by Gasteiger charge is -2.09. The Kier molecular flexibility index (Phi) is 3.76. The van der Waals surface area contributed by atoms with Crippen LogP contribution in [0.4, 0.5) is 0 Å². The van der Waals surface area contributed by atoms with Crippen LogP contribution in [0.25, 0.3) is 0 Å². The third-order valence-corrected chi connectivity index (χ3v) is 2.91. The first-order chi connectivity index (χ1) is 5.65. The zero-order chi connectivity index (χ0) is 9.14. The zero-order valence-electron chi connectivity index (χ0n) is 6.72. The minimum Gasteiger partial charge on any atom is -0.171 e. The van der Waals surface area contributed by atoms with Gasteiger partial charge >= 0.3 is 0 Å². The molecule has 66 valence electrons. The van der Waals surface area contributed by atoms with Gasteiger partial charge in [0.1, 0.15) is 0 Å². The maximum Gasteiger partial charge on any atom is 0.0463 e. The minimum atomic E-state index is 0.203. The molecule has 0 fully saturated rings. The highest BCUT2D eigenvalue weighted by Crippen LogP contribution is 2.31. The molecule has 0 saturated carbocycles. The Morgan fingerprint density at radius 3 is 2.58 bits per heavy atom. The smallest absolute Gasteiger partial charge is 0.0463 e. The summed E-state index contributed by atoms with van der Waals surface area (Å²) in [5, 5.41) is 1.57. The number of rotatable bonds is 2. The van der Waals surface area contributed by atoms with Crippen molar-refractivity contribution in [3.8, 4) is 0 Å². The van der Waals surface area contributed by atoms with Crippen molar-refractivity contribution < 1.29 is 0 Å². The van der Waals surface area contributed by atoms with Crippen LogP contribution in [0.5, 0.6) is 0 Å². The van der Waals surface area contributed by atoms with Crippen molar-refractivity contribution in [3.05, 3.63) is 33.8 Å². The molecule has 12 heavy (non-hydrogen) atoms. The van der Waals surface area contributed by atoms with Gasteiger partial charge in [0.05, 0.1) is 0 Å². The van der Waals surface area contributed by atoms with E-state index in [4.69, 9.17) is 23.2 Å². The van der Waals surface area contributed by atoms with Gasteiger partial charge in [0.15, 0.2) is 0 Å². The Hall–Kier alpha value is 0.150. The zero-order valence-corrected chi connectivity index (χ0v) is 9.13. The van der Waals surface area contributed by atoms with E-state index in [1.54, 1.807) is 6.07 Å². The lowest BCUT2D eigenvalue weighted by molar-refractivity contribution is 0.903. The van der Waals surface area contributed by atoms with Crippen LogP contribution in [-0.4, -0.2) is 0 Å². The van der Waals surface area contributed by atoms with E-state index in [1.165, 1.54) is 0 Å². The molecule has 0 bridgehead atoms. The van der Waals surface area contributed by atoms with Gasteiger partial charge in [-0.1, -0.05) is 36.2 Å². The molecule has 1 aromatic carbocycles. The molecule has 0 aliphatic heterocycles. The van der Waals surface area contributed by atoms with Gasteiger partial charge < -0.3 is 0 Å². The van der Waals surface area contributed by atoms with Gasteiger partial charge in [-0.15, -0.1) is 0 Å². The predicted molar refractivity (Wildman–Crippen MR) is 58.5 cm³/mol. The van der Waals surface area contributed by atoms with E-state index >= 15 is 0 Å². The molecular formula is C9H10Cl2S. The van der Waals surface area contributed by atoms with Crippen molar-refractivity contribution in [1.29, 1.82) is 0 Å². The Bertz CT molecular complexity index is 273. The maximum absolute atomic E-state index is 5.97. The van der Waals surface area contributed by atoms with Crippen molar-refractivity contribution in [3.63, 3.8) is 0 Å². The first kappa shape index (κ1) is 10.2. The molecule has 3 heteroatoms. The summed E-state index contributed by atoms with van der Waals surface area (Å²) in [6.07, 6.45) is 0.963. The van der Waals surface area contributed by atoms with Crippen molar-refractivity contribution >= 4 is 35.8 Å². The molecule has 0 N–H and O–H groups in total. The molecule has 0 heterocycles. The summed E-state index contributed by atoms with van der Waals surface area (Å²) >= 11 is 16.1. The molecule has 1 unspecified atom stereocenters. The standard InChI is InChI=1S/C9H10Cl2S/c1-2-9(12)7-4-3-6(10)5-8(7)11/h3-5,9,12H,2H2,1H3. The molecule has 0 aliphatic carbocycles. The van der Waals surface area contributed by atoms with Crippen molar-refractivity contribution in [2.45, 2.75) is 18.6 Å². The maximum atomic E-state index is 5.97. The van der Waals surface area contributed by atoms with E-state index in [0.717, 1.165) is 12.0 Å². The SMILES string of the molecule is CCC(S)c1ccc(Cl)cc1Cl. The highest BCUT2D eigenvalue weighted by atomic mass is 35.5. The molecule has 1 aromatic rings. The molecule has 0 aliphatic rings. The van der Waals surface area contributed by atoms with Crippen molar-refractivity contribution in [2.24, 2.45) is 0 Å². The van der Waals surface area contributed by atoms with Gasteiger partial charge in [-0.25, -0.2) is 0 Å². The van der Waals surface area contributed by atoms with Crippen LogP contribution in [0.15, 0.2) is 18.2 Å². The van der Waals surface area contributed by atoms with Gasteiger partial charge in [-0.05, 0) is 24.1 Å². The Morgan fingerprint density at radius 1 is 1.42 bits per heavy atom. The average Bonchev–Trinajstić information content (AvgIpc) is 2.03. The van der Waals surface area contributed by atoms with Crippen LogP contribution in [-0.2, 0) is 0 Å². The van der Waals surface area contributed by atoms with E-state index in [9.17, 15) is 0 Å². The second-order valence-electron chi connectivity index (χ2n) is 2.59. The highest BCUT2D eigenvalue weighted by molar-refractivity contribution is 7.80. The highest BCUT2D eigenvalue weighted by Gasteiger charge is 2.07. The van der Waals surface area contributed by atoms with E-state index in [0.29, 0.717) is 10.0 Å². The first-order valence-electron chi connectivity index (χ1n) is 3.78. The van der Waals surface area contributed by atoms with Gasteiger partial charge in [-0.3, -0.25) is 0 Å². The third kappa shape index (κ3) is 2.32. The topological polar surface area (TPSA) is 0 Å². The number of thiol groups is 1. The van der Waals surface area contributed by atoms with Gasteiger partial charge in [-0.2, -0.15) is 12.6 Å². The van der Waals surface area contributed by atoms with Crippen LogP contribution in [0, 0.1) is 0 Å². The molecule has 1 atom stereocenters. The lowest BCUT2D eigenvalue weighted by Crippen LogP contribution is -1.89. The first-order valence-corrected chi connectivity index (χ1v) is 5.05. The van der Waals surface area contributed by atoms with Crippen LogP contribution < -0.4 is 0 Å². The molecule has 0 saturated heterocycles. The number of benzene rings is 1. The molecule has 0 amide bonds. The molecule has 0 aromatic heterocycles. The van der Waals surface area contributed by atoms with Crippen molar-refractivity contribution in [1.82, 2.24) is 0 Å². The van der Waals surface area contributed by atoms with E-state index in [2.05, 4.69) is 19.6 Å². The van der Waals surface area contributed by atoms with Crippen LogP contribution in [0.2, 0.25) is 10.0 Å². The molecule has 0 radical (unpaired) electrons. The summed E-state index contributed by atoms with van der Waals surface area (Å²) in [5.74, 6) is 0. The number of hydrogen-bond donors (Lipinski definition) is 1. The second kappa shape index (κ2) is 4.40. The van der Waals surface area contributed by atoms with E-state index < -0.39 is 0 Å². The van der Waals surface area contributed by atoms with Crippen LogP contribution >= 0.6 is 35.8 Å². The summed E-state index contributed by atoms with van der Waals surface area (Å²) in [7, 11) is 0. The van der Waals surface area contributed by atoms with E-state index in [1.807, 2.05) is 12.1 Å². The minimum absolute atomic E-state index is 0.203. The Morgan fingerprint density at radius 2 is 2.08 bits per heavy atom. The molecule has 0 nitrogen and oxygen atoms in total. The second-order valence-corrected chi connectivity index (χ2v) is 4.06. The van der Waals surface area contributed by atoms with E-state index in [-0.39, 0.29) is 5.25 Å². The fourth-order valence-electron chi connectivity index (χ4n) is 0.992. The average molecular weight is 221 g/mol. The third-order valence-electron chi connectivity index (χ3n) is 1.71. The fraction of sp³-hybridized carbons (Fsp3) is 0.333. The molecule has 1 rings (SSSR count). The van der Waals surface area contributed by atoms with Gasteiger partial charge in [0.2, 0.25) is 0 Å². The summed E-state index contributed by atoms with van der Waals surface area (Å²) < 4.78 is 0. The van der Waals surface area contributed by atoms with Gasteiger partial charge in [0.25, 0.3) is 0 Å². The monoisotopic (exact) mass is 220 g/mol. The Labute approximate surface area is 88.3 Å². The van der Waals surface area contributed by atoms with Crippen molar-refractivity contribution in [2.75, 3.05) is 0 Å².